The van der Waals surface area contributed by atoms with Crippen LogP contribution in [0.1, 0.15) is 6.42 Å². The summed E-state index contributed by atoms with van der Waals surface area (Å²) in [6, 6.07) is 0. The standard InChI is InChI=1S/C7H8O3/c1-2-10-7(9)5-3-4-6-8/h2-3,5-6H,1,4H2. The highest BCUT2D eigenvalue weighted by molar-refractivity contribution is 5.82. The van der Waals surface area contributed by atoms with E-state index in [0.29, 0.717) is 6.29 Å². The van der Waals surface area contributed by atoms with Gasteiger partial charge in [-0.25, -0.2) is 4.79 Å². The fourth-order valence-corrected chi connectivity index (χ4v) is 0.341. The summed E-state index contributed by atoms with van der Waals surface area (Å²) in [5.41, 5.74) is 0. The molecule has 0 unspecified atom stereocenters. The van der Waals surface area contributed by atoms with E-state index >= 15 is 0 Å². The van der Waals surface area contributed by atoms with E-state index < -0.39 is 5.97 Å². The molecular formula is C7H8O3. The molecule has 0 heterocycles. The molecule has 0 spiro atoms. The third-order valence-corrected chi connectivity index (χ3v) is 0.686. The van der Waals surface area contributed by atoms with Crippen molar-refractivity contribution in [3.8, 4) is 0 Å². The molecule has 0 aromatic rings. The average molecular weight is 140 g/mol. The summed E-state index contributed by atoms with van der Waals surface area (Å²) in [6.45, 7) is 3.18. The predicted molar refractivity (Wildman–Crippen MR) is 36.1 cm³/mol. The van der Waals surface area contributed by atoms with Crippen LogP contribution in [0.5, 0.6) is 0 Å². The zero-order valence-corrected chi connectivity index (χ0v) is 5.45. The van der Waals surface area contributed by atoms with E-state index in [0.717, 1.165) is 6.26 Å². The van der Waals surface area contributed by atoms with Gasteiger partial charge in [-0.1, -0.05) is 12.7 Å². The van der Waals surface area contributed by atoms with Gasteiger partial charge in [-0.05, 0) is 0 Å². The van der Waals surface area contributed by atoms with Crippen LogP contribution in [0.4, 0.5) is 0 Å². The SMILES string of the molecule is C=COC(=O)C=CCC=O. The van der Waals surface area contributed by atoms with E-state index in [4.69, 9.17) is 0 Å². The number of carbonyl (C=O) groups excluding carboxylic acids is 2. The van der Waals surface area contributed by atoms with Crippen LogP contribution in [0.2, 0.25) is 0 Å². The number of rotatable bonds is 4. The molecule has 0 aliphatic carbocycles. The molecule has 0 aromatic heterocycles. The molecule has 54 valence electrons. The maximum Gasteiger partial charge on any atom is 0.335 e. The zero-order chi connectivity index (χ0) is 7.82. The Hall–Kier alpha value is -1.38. The van der Waals surface area contributed by atoms with Crippen molar-refractivity contribution in [1.82, 2.24) is 0 Å². The summed E-state index contributed by atoms with van der Waals surface area (Å²) in [6.07, 6.45) is 4.55. The molecule has 0 N–H and O–H groups in total. The average Bonchev–Trinajstić information content (AvgIpc) is 1.89. The highest BCUT2D eigenvalue weighted by atomic mass is 16.5. The van der Waals surface area contributed by atoms with Crippen molar-refractivity contribution in [2.75, 3.05) is 0 Å². The number of carbonyl (C=O) groups is 2. The molecule has 0 amide bonds. The lowest BCUT2D eigenvalue weighted by atomic mass is 10.4. The predicted octanol–water partition coefficient (Wildman–Crippen LogP) is 0.818. The van der Waals surface area contributed by atoms with Crippen LogP contribution in [0, 0.1) is 0 Å². The van der Waals surface area contributed by atoms with E-state index in [1.54, 1.807) is 0 Å². The fraction of sp³-hybridized carbons (Fsp3) is 0.143. The van der Waals surface area contributed by atoms with Gasteiger partial charge in [0.2, 0.25) is 0 Å². The first-order chi connectivity index (χ1) is 4.81. The van der Waals surface area contributed by atoms with Crippen molar-refractivity contribution < 1.29 is 14.3 Å². The number of ether oxygens (including phenoxy) is 1. The molecule has 0 fully saturated rings. The summed E-state index contributed by atoms with van der Waals surface area (Å²) >= 11 is 0. The molecule has 0 aromatic carbocycles. The summed E-state index contributed by atoms with van der Waals surface area (Å²) in [5.74, 6) is -0.517. The van der Waals surface area contributed by atoms with Gasteiger partial charge in [0, 0.05) is 12.5 Å². The summed E-state index contributed by atoms with van der Waals surface area (Å²) < 4.78 is 4.31. The van der Waals surface area contributed by atoms with Gasteiger partial charge in [0.1, 0.15) is 6.29 Å². The van der Waals surface area contributed by atoms with E-state index in [-0.39, 0.29) is 6.42 Å². The number of esters is 1. The van der Waals surface area contributed by atoms with Crippen molar-refractivity contribution in [2.45, 2.75) is 6.42 Å². The second-order valence-electron chi connectivity index (χ2n) is 1.41. The molecule has 10 heavy (non-hydrogen) atoms. The second kappa shape index (κ2) is 5.75. The van der Waals surface area contributed by atoms with Gasteiger partial charge in [0.05, 0.1) is 6.26 Å². The van der Waals surface area contributed by atoms with Crippen LogP contribution in [-0.2, 0) is 14.3 Å². The first-order valence-electron chi connectivity index (χ1n) is 2.73. The van der Waals surface area contributed by atoms with Gasteiger partial charge >= 0.3 is 5.97 Å². The molecule has 0 radical (unpaired) electrons. The van der Waals surface area contributed by atoms with Crippen molar-refractivity contribution in [1.29, 1.82) is 0 Å². The monoisotopic (exact) mass is 140 g/mol. The van der Waals surface area contributed by atoms with Crippen molar-refractivity contribution in [2.24, 2.45) is 0 Å². The maximum absolute atomic E-state index is 10.4. The number of hydrogen-bond donors (Lipinski definition) is 0. The number of aldehydes is 1. The van der Waals surface area contributed by atoms with Crippen LogP contribution < -0.4 is 0 Å². The lowest BCUT2D eigenvalue weighted by Crippen LogP contribution is -1.92. The molecule has 0 atom stereocenters. The Bertz CT molecular complexity index is 158. The van der Waals surface area contributed by atoms with Gasteiger partial charge in [0.25, 0.3) is 0 Å². The molecule has 0 aliphatic heterocycles. The van der Waals surface area contributed by atoms with Gasteiger partial charge in [-0.15, -0.1) is 0 Å². The summed E-state index contributed by atoms with van der Waals surface area (Å²) in [5, 5.41) is 0. The molecule has 0 rings (SSSR count). The number of allylic oxidation sites excluding steroid dienone is 1. The first-order valence-corrected chi connectivity index (χ1v) is 2.73. The highest BCUT2D eigenvalue weighted by Crippen LogP contribution is 1.82. The maximum atomic E-state index is 10.4. The van der Waals surface area contributed by atoms with Crippen LogP contribution in [-0.4, -0.2) is 12.3 Å². The number of hydrogen-bond acceptors (Lipinski definition) is 3. The summed E-state index contributed by atoms with van der Waals surface area (Å²) in [7, 11) is 0. The van der Waals surface area contributed by atoms with Gasteiger partial charge in [-0.2, -0.15) is 0 Å². The molecular weight excluding hydrogens is 132 g/mol. The minimum atomic E-state index is -0.517. The van der Waals surface area contributed by atoms with E-state index in [1.165, 1.54) is 12.2 Å². The molecule has 3 nitrogen and oxygen atoms in total. The van der Waals surface area contributed by atoms with Crippen molar-refractivity contribution in [3.63, 3.8) is 0 Å². The molecule has 0 saturated carbocycles. The van der Waals surface area contributed by atoms with Crippen LogP contribution >= 0.6 is 0 Å². The van der Waals surface area contributed by atoms with Crippen LogP contribution in [0.3, 0.4) is 0 Å². The highest BCUT2D eigenvalue weighted by Gasteiger charge is 1.88. The Kier molecular flexibility index (Phi) is 4.96. The molecule has 3 heteroatoms. The van der Waals surface area contributed by atoms with Crippen molar-refractivity contribution in [3.05, 3.63) is 25.0 Å². The summed E-state index contributed by atoms with van der Waals surface area (Å²) in [4.78, 5) is 20.1. The van der Waals surface area contributed by atoms with Crippen molar-refractivity contribution >= 4 is 12.3 Å². The topological polar surface area (TPSA) is 43.4 Å². The minimum absolute atomic E-state index is 0.228. The van der Waals surface area contributed by atoms with Gasteiger partial charge < -0.3 is 9.53 Å². The second-order valence-corrected chi connectivity index (χ2v) is 1.41. The Balaban J connectivity index is 3.54. The van der Waals surface area contributed by atoms with E-state index in [1.807, 2.05) is 0 Å². The van der Waals surface area contributed by atoms with E-state index in [9.17, 15) is 9.59 Å². The smallest absolute Gasteiger partial charge is 0.335 e. The van der Waals surface area contributed by atoms with Crippen LogP contribution in [0.25, 0.3) is 0 Å². The Labute approximate surface area is 59.0 Å². The largest absolute Gasteiger partial charge is 0.432 e. The molecule has 0 bridgehead atoms. The minimum Gasteiger partial charge on any atom is -0.432 e. The Morgan fingerprint density at radius 1 is 1.60 bits per heavy atom. The molecule has 0 saturated heterocycles. The third-order valence-electron chi connectivity index (χ3n) is 0.686. The van der Waals surface area contributed by atoms with Gasteiger partial charge in [-0.3, -0.25) is 0 Å². The third kappa shape index (κ3) is 4.77. The lowest BCUT2D eigenvalue weighted by molar-refractivity contribution is -0.132. The fourth-order valence-electron chi connectivity index (χ4n) is 0.341. The van der Waals surface area contributed by atoms with Crippen LogP contribution in [0.15, 0.2) is 25.0 Å². The van der Waals surface area contributed by atoms with Gasteiger partial charge in [0.15, 0.2) is 0 Å². The first kappa shape index (κ1) is 8.62. The van der Waals surface area contributed by atoms with E-state index in [2.05, 4.69) is 11.3 Å². The Morgan fingerprint density at radius 3 is 2.80 bits per heavy atom. The molecule has 0 aliphatic rings. The zero-order valence-electron chi connectivity index (χ0n) is 5.45. The quantitative estimate of drug-likeness (QED) is 0.251. The Morgan fingerprint density at radius 2 is 2.30 bits per heavy atom. The lowest BCUT2D eigenvalue weighted by Gasteiger charge is -1.87. The normalized spacial score (nSPS) is 9.20.